The zero-order valence-electron chi connectivity index (χ0n) is 4.37. The fourth-order valence-electron chi connectivity index (χ4n) is 0.205. The smallest absolute Gasteiger partial charge is 0.0973 e. The van der Waals surface area contributed by atoms with Crippen LogP contribution >= 0.6 is 11.6 Å². The van der Waals surface area contributed by atoms with Crippen molar-refractivity contribution in [3.8, 4) is 0 Å². The number of halogens is 3. The average Bonchev–Trinajstić information content (AvgIpc) is 1.65. The van der Waals surface area contributed by atoms with Gasteiger partial charge in [0, 0.05) is 10.4 Å². The number of allylic oxidation sites excluding steroid dienone is 1. The Kier molecular flexibility index (Phi) is 3.73. The van der Waals surface area contributed by atoms with Crippen LogP contribution in [0.1, 0.15) is 6.92 Å². The summed E-state index contributed by atoms with van der Waals surface area (Å²) in [5.41, 5.74) is 0. The lowest BCUT2D eigenvalue weighted by Gasteiger charge is -1.95. The molecular formula is C4H6ClF2N. The molecule has 0 heterocycles. The number of rotatable bonds is 2. The van der Waals surface area contributed by atoms with Crippen molar-refractivity contribution in [1.82, 2.24) is 5.34 Å². The molecule has 0 saturated carbocycles. The van der Waals surface area contributed by atoms with Crippen LogP contribution in [0.2, 0.25) is 0 Å². The molecule has 0 aliphatic rings. The summed E-state index contributed by atoms with van der Waals surface area (Å²) in [6, 6.07) is 0. The quantitative estimate of drug-likeness (QED) is 0.533. The van der Waals surface area contributed by atoms with Crippen molar-refractivity contribution in [2.24, 2.45) is 0 Å². The van der Waals surface area contributed by atoms with Crippen LogP contribution in [0.15, 0.2) is 11.1 Å². The molecule has 0 rings (SSSR count). The minimum absolute atomic E-state index is 0.148. The maximum Gasteiger partial charge on any atom is 0.0973 e. The first-order valence-electron chi connectivity index (χ1n) is 2.06. The molecule has 0 N–H and O–H groups in total. The molecule has 0 aromatic carbocycles. The fourth-order valence-corrected chi connectivity index (χ4v) is 0.296. The maximum absolute atomic E-state index is 11.2. The van der Waals surface area contributed by atoms with E-state index in [2.05, 4.69) is 0 Å². The van der Waals surface area contributed by atoms with Crippen molar-refractivity contribution in [3.05, 3.63) is 11.1 Å². The molecular weight excluding hydrogens is 136 g/mol. The Morgan fingerprint density at radius 3 is 2.38 bits per heavy atom. The van der Waals surface area contributed by atoms with Crippen molar-refractivity contribution in [2.45, 2.75) is 6.92 Å². The molecule has 1 nitrogen and oxygen atoms in total. The van der Waals surface area contributed by atoms with Crippen molar-refractivity contribution >= 4 is 11.6 Å². The summed E-state index contributed by atoms with van der Waals surface area (Å²) in [5, 5.41) is -0.822. The van der Waals surface area contributed by atoms with E-state index in [4.69, 9.17) is 11.6 Å². The first-order valence-corrected chi connectivity index (χ1v) is 2.44. The lowest BCUT2D eigenvalue weighted by molar-refractivity contribution is -0.143. The second-order valence-corrected chi connectivity index (χ2v) is 1.68. The monoisotopic (exact) mass is 141 g/mol. The maximum atomic E-state index is 11.2. The molecule has 0 aliphatic heterocycles. The van der Waals surface area contributed by atoms with Crippen molar-refractivity contribution < 1.29 is 8.96 Å². The molecule has 0 aromatic heterocycles. The van der Waals surface area contributed by atoms with Crippen LogP contribution in [-0.2, 0) is 0 Å². The molecule has 0 amide bonds. The highest BCUT2D eigenvalue weighted by molar-refractivity contribution is 6.29. The van der Waals surface area contributed by atoms with Gasteiger partial charge in [-0.05, 0) is 6.92 Å². The predicted octanol–water partition coefficient (Wildman–Crippen LogP) is 2.20. The average molecular weight is 142 g/mol. The zero-order chi connectivity index (χ0) is 6.57. The van der Waals surface area contributed by atoms with Crippen LogP contribution in [0, 0.1) is 0 Å². The second kappa shape index (κ2) is 3.80. The van der Waals surface area contributed by atoms with Gasteiger partial charge in [0.05, 0.1) is 6.54 Å². The van der Waals surface area contributed by atoms with Crippen LogP contribution in [0.5, 0.6) is 0 Å². The minimum Gasteiger partial charge on any atom is -0.101 e. The van der Waals surface area contributed by atoms with E-state index in [0.717, 1.165) is 0 Å². The number of hydrogen-bond acceptors (Lipinski definition) is 1. The van der Waals surface area contributed by atoms with Crippen LogP contribution in [-0.4, -0.2) is 11.9 Å². The Hall–Kier alpha value is -0.150. The van der Waals surface area contributed by atoms with E-state index >= 15 is 0 Å². The van der Waals surface area contributed by atoms with Crippen molar-refractivity contribution in [2.75, 3.05) is 6.54 Å². The van der Waals surface area contributed by atoms with E-state index in [9.17, 15) is 8.96 Å². The predicted molar refractivity (Wildman–Crippen MR) is 28.5 cm³/mol. The topological polar surface area (TPSA) is 3.24 Å². The van der Waals surface area contributed by atoms with Gasteiger partial charge in [0.2, 0.25) is 0 Å². The molecule has 0 aliphatic carbocycles. The van der Waals surface area contributed by atoms with E-state index in [0.29, 0.717) is 0 Å². The summed E-state index contributed by atoms with van der Waals surface area (Å²) < 4.78 is 22.4. The molecule has 0 saturated heterocycles. The van der Waals surface area contributed by atoms with E-state index in [1.54, 1.807) is 6.92 Å². The van der Waals surface area contributed by atoms with Gasteiger partial charge in [0.15, 0.2) is 0 Å². The Labute approximate surface area is 51.4 Å². The Bertz CT molecular complexity index is 92.0. The summed E-state index contributed by atoms with van der Waals surface area (Å²) in [5.74, 6) is 0. The van der Waals surface area contributed by atoms with E-state index in [1.165, 1.54) is 6.08 Å². The van der Waals surface area contributed by atoms with Crippen LogP contribution < -0.4 is 0 Å². The standard InChI is InChI=1S/C4H6ClF2N/c1-2-4(5)3-8(6)7/h2H,3H2,1H3/b4-2-. The van der Waals surface area contributed by atoms with E-state index in [1.807, 2.05) is 0 Å². The normalized spacial score (nSPS) is 12.9. The molecule has 0 aromatic rings. The van der Waals surface area contributed by atoms with Gasteiger partial charge in [-0.1, -0.05) is 17.7 Å². The van der Waals surface area contributed by atoms with Gasteiger partial charge < -0.3 is 0 Å². The summed E-state index contributed by atoms with van der Waals surface area (Å²) in [6.07, 6.45) is 1.42. The van der Waals surface area contributed by atoms with Gasteiger partial charge in [-0.25, -0.2) is 0 Å². The molecule has 0 radical (unpaired) electrons. The second-order valence-electron chi connectivity index (χ2n) is 1.20. The van der Waals surface area contributed by atoms with Gasteiger partial charge in [-0.15, -0.1) is 8.96 Å². The lowest BCUT2D eigenvalue weighted by Crippen LogP contribution is -2.01. The van der Waals surface area contributed by atoms with Crippen LogP contribution in [0.4, 0.5) is 8.96 Å². The molecule has 8 heavy (non-hydrogen) atoms. The van der Waals surface area contributed by atoms with Crippen molar-refractivity contribution in [1.29, 1.82) is 0 Å². The molecule has 0 atom stereocenters. The summed E-state index contributed by atoms with van der Waals surface area (Å²) in [6.45, 7) is 1.11. The van der Waals surface area contributed by atoms with Gasteiger partial charge in [0.25, 0.3) is 0 Å². The third-order valence-electron chi connectivity index (χ3n) is 0.584. The number of nitrogens with zero attached hydrogens (tertiary/aromatic N) is 1. The van der Waals surface area contributed by atoms with Crippen LogP contribution in [0.25, 0.3) is 0 Å². The number of hydrogen-bond donors (Lipinski definition) is 0. The molecule has 0 unspecified atom stereocenters. The fraction of sp³-hybridized carbons (Fsp3) is 0.500. The third-order valence-corrected chi connectivity index (χ3v) is 0.922. The van der Waals surface area contributed by atoms with Gasteiger partial charge in [-0.2, -0.15) is 0 Å². The largest absolute Gasteiger partial charge is 0.101 e. The Balaban J connectivity index is 3.39. The van der Waals surface area contributed by atoms with Crippen LogP contribution in [0.3, 0.4) is 0 Å². The summed E-state index contributed by atoms with van der Waals surface area (Å²) >= 11 is 5.20. The first kappa shape index (κ1) is 7.85. The van der Waals surface area contributed by atoms with E-state index < -0.39 is 11.9 Å². The highest BCUT2D eigenvalue weighted by atomic mass is 35.5. The SMILES string of the molecule is C/C=C(\Cl)CN(F)F. The van der Waals surface area contributed by atoms with Gasteiger partial charge >= 0.3 is 0 Å². The Morgan fingerprint density at radius 1 is 1.75 bits per heavy atom. The summed E-state index contributed by atoms with van der Waals surface area (Å²) in [4.78, 5) is 0. The molecule has 0 spiro atoms. The molecule has 0 fully saturated rings. The van der Waals surface area contributed by atoms with Crippen molar-refractivity contribution in [3.63, 3.8) is 0 Å². The third kappa shape index (κ3) is 4.02. The minimum atomic E-state index is -0.970. The highest BCUT2D eigenvalue weighted by Crippen LogP contribution is 2.03. The zero-order valence-corrected chi connectivity index (χ0v) is 5.12. The Morgan fingerprint density at radius 2 is 2.25 bits per heavy atom. The summed E-state index contributed by atoms with van der Waals surface area (Å²) in [7, 11) is 0. The molecule has 0 bridgehead atoms. The lowest BCUT2D eigenvalue weighted by atomic mass is 10.5. The van der Waals surface area contributed by atoms with Gasteiger partial charge in [0.1, 0.15) is 0 Å². The first-order chi connectivity index (χ1) is 3.66. The van der Waals surface area contributed by atoms with E-state index in [-0.39, 0.29) is 5.03 Å². The van der Waals surface area contributed by atoms with Gasteiger partial charge in [-0.3, -0.25) is 0 Å². The molecule has 48 valence electrons. The molecule has 4 heteroatoms. The highest BCUT2D eigenvalue weighted by Gasteiger charge is 1.98.